The summed E-state index contributed by atoms with van der Waals surface area (Å²) in [6.45, 7) is 5.66. The lowest BCUT2D eigenvalue weighted by atomic mass is 10.2. The molecule has 0 saturated heterocycles. The predicted molar refractivity (Wildman–Crippen MR) is 113 cm³/mol. The van der Waals surface area contributed by atoms with Crippen molar-refractivity contribution in [2.45, 2.75) is 32.1 Å². The summed E-state index contributed by atoms with van der Waals surface area (Å²) < 4.78 is 37.9. The minimum absolute atomic E-state index is 0.0386. The number of anilines is 2. The number of hydrogen-bond acceptors (Lipinski definition) is 6. The average Bonchev–Trinajstić information content (AvgIpc) is 3.01. The highest BCUT2D eigenvalue weighted by molar-refractivity contribution is 7.92. The zero-order valence-corrected chi connectivity index (χ0v) is 17.7. The molecule has 0 atom stereocenters. The van der Waals surface area contributed by atoms with Gasteiger partial charge in [0.05, 0.1) is 23.6 Å². The molecule has 0 radical (unpaired) electrons. The van der Waals surface area contributed by atoms with Crippen LogP contribution in [0.1, 0.15) is 23.2 Å². The van der Waals surface area contributed by atoms with Crippen LogP contribution in [0, 0.1) is 20.8 Å². The van der Waals surface area contributed by atoms with Crippen molar-refractivity contribution in [1.82, 2.24) is 5.16 Å². The van der Waals surface area contributed by atoms with Gasteiger partial charge in [0.25, 0.3) is 10.0 Å². The van der Waals surface area contributed by atoms with Crippen LogP contribution < -0.4 is 14.8 Å². The number of nitrogens with zero attached hydrogens (tertiary/aromatic N) is 1. The number of carbonyl (C=O) groups is 1. The molecule has 0 fully saturated rings. The Morgan fingerprint density at radius 2 is 1.70 bits per heavy atom. The number of amides is 1. The summed E-state index contributed by atoms with van der Waals surface area (Å²) >= 11 is 0. The van der Waals surface area contributed by atoms with Crippen molar-refractivity contribution in [3.8, 4) is 5.75 Å². The Bertz CT molecular complexity index is 1120. The van der Waals surface area contributed by atoms with Gasteiger partial charge >= 0.3 is 0 Å². The van der Waals surface area contributed by atoms with Gasteiger partial charge in [-0.25, -0.2) is 13.1 Å². The van der Waals surface area contributed by atoms with E-state index in [0.717, 1.165) is 5.56 Å². The lowest BCUT2D eigenvalue weighted by molar-refractivity contribution is -0.116. The summed E-state index contributed by atoms with van der Waals surface area (Å²) in [7, 11) is -3.83. The zero-order valence-electron chi connectivity index (χ0n) is 16.9. The smallest absolute Gasteiger partial charge is 0.264 e. The maximum atomic E-state index is 12.5. The minimum atomic E-state index is -3.83. The largest absolute Gasteiger partial charge is 0.493 e. The second-order valence-corrected chi connectivity index (χ2v) is 8.49. The fourth-order valence-electron chi connectivity index (χ4n) is 2.53. The molecule has 2 aromatic carbocycles. The predicted octanol–water partition coefficient (Wildman–Crippen LogP) is 3.81. The van der Waals surface area contributed by atoms with Gasteiger partial charge < -0.3 is 14.6 Å². The molecule has 0 aliphatic heterocycles. The van der Waals surface area contributed by atoms with E-state index in [4.69, 9.17) is 9.26 Å². The lowest BCUT2D eigenvalue weighted by Crippen LogP contribution is -2.16. The number of aryl methyl sites for hydroxylation is 2. The molecule has 3 aromatic rings. The molecule has 1 amide bonds. The second-order valence-electron chi connectivity index (χ2n) is 6.81. The first-order chi connectivity index (χ1) is 14.2. The highest BCUT2D eigenvalue weighted by Gasteiger charge is 2.19. The van der Waals surface area contributed by atoms with Crippen molar-refractivity contribution in [1.29, 1.82) is 0 Å². The van der Waals surface area contributed by atoms with Crippen molar-refractivity contribution >= 4 is 27.5 Å². The molecule has 30 heavy (non-hydrogen) atoms. The summed E-state index contributed by atoms with van der Waals surface area (Å²) in [5, 5.41) is 6.44. The third kappa shape index (κ3) is 5.38. The standard InChI is InChI=1S/C21H23N3O5S/c1-14-4-8-18(9-5-14)28-13-12-20(25)22-17-6-10-19(11-7-17)30(26,27)24-21-15(2)16(3)23-29-21/h4-11,24H,12-13H2,1-3H3,(H,22,25). The summed E-state index contributed by atoms with van der Waals surface area (Å²) in [5.41, 5.74) is 2.85. The molecule has 3 rings (SSSR count). The Hall–Kier alpha value is -3.33. The highest BCUT2D eigenvalue weighted by atomic mass is 32.2. The van der Waals surface area contributed by atoms with Crippen LogP contribution in [-0.4, -0.2) is 26.1 Å². The van der Waals surface area contributed by atoms with Crippen LogP contribution in [-0.2, 0) is 14.8 Å². The molecular formula is C21H23N3O5S. The summed E-state index contributed by atoms with van der Waals surface area (Å²) in [6.07, 6.45) is 0.166. The van der Waals surface area contributed by atoms with Gasteiger partial charge in [0, 0.05) is 11.3 Å². The highest BCUT2D eigenvalue weighted by Crippen LogP contribution is 2.22. The third-order valence-corrected chi connectivity index (χ3v) is 5.80. The number of rotatable bonds is 8. The minimum Gasteiger partial charge on any atom is -0.493 e. The quantitative estimate of drug-likeness (QED) is 0.563. The summed E-state index contributed by atoms with van der Waals surface area (Å²) in [6, 6.07) is 13.4. The van der Waals surface area contributed by atoms with Crippen LogP contribution in [0.5, 0.6) is 5.75 Å². The Balaban J connectivity index is 1.53. The summed E-state index contributed by atoms with van der Waals surface area (Å²) in [4.78, 5) is 12.1. The first-order valence-corrected chi connectivity index (χ1v) is 10.8. The lowest BCUT2D eigenvalue weighted by Gasteiger charge is -2.09. The van der Waals surface area contributed by atoms with Crippen molar-refractivity contribution in [3.05, 3.63) is 65.4 Å². The average molecular weight is 429 g/mol. The van der Waals surface area contributed by atoms with E-state index in [1.807, 2.05) is 31.2 Å². The third-order valence-electron chi connectivity index (χ3n) is 4.45. The van der Waals surface area contributed by atoms with E-state index in [2.05, 4.69) is 15.2 Å². The van der Waals surface area contributed by atoms with Crippen LogP contribution in [0.4, 0.5) is 11.6 Å². The first-order valence-electron chi connectivity index (χ1n) is 9.30. The van der Waals surface area contributed by atoms with Crippen molar-refractivity contribution in [2.75, 3.05) is 16.6 Å². The fraction of sp³-hybridized carbons (Fsp3) is 0.238. The molecule has 1 heterocycles. The van der Waals surface area contributed by atoms with Gasteiger partial charge in [-0.05, 0) is 57.2 Å². The molecule has 0 saturated carbocycles. The Labute approximate surface area is 175 Å². The van der Waals surface area contributed by atoms with E-state index in [-0.39, 0.29) is 29.7 Å². The first kappa shape index (κ1) is 21.4. The number of nitrogens with one attached hydrogen (secondary N) is 2. The maximum absolute atomic E-state index is 12.5. The van der Waals surface area contributed by atoms with Gasteiger partial charge in [-0.15, -0.1) is 0 Å². The van der Waals surface area contributed by atoms with Gasteiger partial charge in [0.2, 0.25) is 11.8 Å². The van der Waals surface area contributed by atoms with Gasteiger partial charge in [-0.2, -0.15) is 0 Å². The van der Waals surface area contributed by atoms with E-state index in [1.54, 1.807) is 13.8 Å². The topological polar surface area (TPSA) is 111 Å². The molecule has 0 unspecified atom stereocenters. The van der Waals surface area contributed by atoms with Crippen molar-refractivity contribution < 1.29 is 22.5 Å². The fourth-order valence-corrected chi connectivity index (χ4v) is 3.58. The number of ether oxygens (including phenoxy) is 1. The monoisotopic (exact) mass is 429 g/mol. The molecule has 158 valence electrons. The molecule has 0 aliphatic rings. The number of hydrogen-bond donors (Lipinski definition) is 2. The number of carbonyl (C=O) groups excluding carboxylic acids is 1. The van der Waals surface area contributed by atoms with Crippen LogP contribution in [0.15, 0.2) is 57.9 Å². The van der Waals surface area contributed by atoms with E-state index in [1.165, 1.54) is 24.3 Å². The van der Waals surface area contributed by atoms with Crippen LogP contribution >= 0.6 is 0 Å². The SMILES string of the molecule is Cc1ccc(OCCC(=O)Nc2ccc(S(=O)(=O)Nc3onc(C)c3C)cc2)cc1. The van der Waals surface area contributed by atoms with Crippen LogP contribution in [0.3, 0.4) is 0 Å². The number of benzene rings is 2. The second kappa shape index (κ2) is 9.00. The van der Waals surface area contributed by atoms with E-state index < -0.39 is 10.0 Å². The molecule has 0 aliphatic carbocycles. The molecule has 1 aromatic heterocycles. The Morgan fingerprint density at radius 3 is 2.30 bits per heavy atom. The van der Waals surface area contributed by atoms with Gasteiger partial charge in [-0.3, -0.25) is 4.79 Å². The molecule has 9 heteroatoms. The number of sulfonamides is 1. The van der Waals surface area contributed by atoms with Gasteiger partial charge in [0.1, 0.15) is 5.75 Å². The van der Waals surface area contributed by atoms with Crippen LogP contribution in [0.25, 0.3) is 0 Å². The Kier molecular flexibility index (Phi) is 6.41. The number of aromatic nitrogens is 1. The molecular weight excluding hydrogens is 406 g/mol. The van der Waals surface area contributed by atoms with E-state index in [0.29, 0.717) is 22.7 Å². The molecule has 0 spiro atoms. The molecule has 2 N–H and O–H groups in total. The van der Waals surface area contributed by atoms with Crippen LogP contribution in [0.2, 0.25) is 0 Å². The molecule has 8 nitrogen and oxygen atoms in total. The van der Waals surface area contributed by atoms with E-state index in [9.17, 15) is 13.2 Å². The van der Waals surface area contributed by atoms with Gasteiger partial charge in [-0.1, -0.05) is 22.9 Å². The van der Waals surface area contributed by atoms with Crippen molar-refractivity contribution in [3.63, 3.8) is 0 Å². The molecule has 0 bridgehead atoms. The van der Waals surface area contributed by atoms with E-state index >= 15 is 0 Å². The van der Waals surface area contributed by atoms with Crippen molar-refractivity contribution in [2.24, 2.45) is 0 Å². The zero-order chi connectivity index (χ0) is 21.7. The normalized spacial score (nSPS) is 11.2. The maximum Gasteiger partial charge on any atom is 0.264 e. The van der Waals surface area contributed by atoms with Gasteiger partial charge in [0.15, 0.2) is 0 Å². The Morgan fingerprint density at radius 1 is 1.03 bits per heavy atom. The summed E-state index contributed by atoms with van der Waals surface area (Å²) in [5.74, 6) is 0.551.